The zero-order valence-corrected chi connectivity index (χ0v) is 36.9. The molecular formula is C64H49N. The molecule has 0 unspecified atom stereocenters. The highest BCUT2D eigenvalue weighted by Gasteiger charge is 2.46. The van der Waals surface area contributed by atoms with Crippen LogP contribution in [0.15, 0.2) is 242 Å². The minimum atomic E-state index is -0.498. The first-order chi connectivity index (χ1) is 32.0. The maximum Gasteiger partial charge on any atom is 0.0714 e. The van der Waals surface area contributed by atoms with E-state index in [0.717, 1.165) is 29.9 Å². The Morgan fingerprint density at radius 2 is 0.800 bits per heavy atom. The highest BCUT2D eigenvalue weighted by Crippen LogP contribution is 2.58. The van der Waals surface area contributed by atoms with Crippen LogP contribution >= 0.6 is 0 Å². The van der Waals surface area contributed by atoms with Gasteiger partial charge in [0.25, 0.3) is 0 Å². The Bertz CT molecular complexity index is 3240. The van der Waals surface area contributed by atoms with E-state index in [0.29, 0.717) is 0 Å². The molecule has 1 nitrogen and oxygen atoms in total. The molecule has 0 saturated carbocycles. The molecule has 1 heteroatoms. The molecule has 0 amide bonds. The topological polar surface area (TPSA) is 3.24 Å². The SMILES string of the molecule is CC1(C)C2=C(CCC(c3ccc(-c4ccccc4)cc3)=C2)c2ccc(N(c3ccc(-c4ccccc4)cc3)c3ccc4c(c3)C(c3ccccc3)(c3ccccc3)c3ccccc3-4)cc21. The van der Waals surface area contributed by atoms with Crippen molar-refractivity contribution in [2.45, 2.75) is 37.5 Å². The van der Waals surface area contributed by atoms with Crippen LogP contribution in [0, 0.1) is 0 Å². The first-order valence-electron chi connectivity index (χ1n) is 23.0. The molecule has 0 saturated heterocycles. The second kappa shape index (κ2) is 15.5. The monoisotopic (exact) mass is 831 g/mol. The van der Waals surface area contributed by atoms with E-state index < -0.39 is 5.41 Å². The molecule has 12 rings (SSSR count). The summed E-state index contributed by atoms with van der Waals surface area (Å²) in [6.45, 7) is 4.85. The predicted molar refractivity (Wildman–Crippen MR) is 273 cm³/mol. The molecule has 0 fully saturated rings. The van der Waals surface area contributed by atoms with Gasteiger partial charge in [-0.25, -0.2) is 0 Å². The zero-order chi connectivity index (χ0) is 43.5. The number of fused-ring (bicyclic) bond motifs is 5. The van der Waals surface area contributed by atoms with Crippen molar-refractivity contribution in [3.8, 4) is 33.4 Å². The number of nitrogens with zero attached hydrogens (tertiary/aromatic N) is 1. The quantitative estimate of drug-likeness (QED) is 0.147. The minimum Gasteiger partial charge on any atom is -0.310 e. The maximum atomic E-state index is 2.51. The lowest BCUT2D eigenvalue weighted by atomic mass is 9.67. The molecule has 0 bridgehead atoms. The van der Waals surface area contributed by atoms with Crippen molar-refractivity contribution in [1.82, 2.24) is 0 Å². The average Bonchev–Trinajstić information content (AvgIpc) is 3.80. The van der Waals surface area contributed by atoms with E-state index in [9.17, 15) is 0 Å². The fraction of sp³-hybridized carbons (Fsp3) is 0.0938. The molecule has 0 aliphatic heterocycles. The van der Waals surface area contributed by atoms with E-state index >= 15 is 0 Å². The third-order valence-electron chi connectivity index (χ3n) is 14.5. The number of hydrogen-bond donors (Lipinski definition) is 0. The molecule has 3 aliphatic rings. The van der Waals surface area contributed by atoms with E-state index in [1.165, 1.54) is 89.0 Å². The summed E-state index contributed by atoms with van der Waals surface area (Å²) in [6, 6.07) is 85.4. The Morgan fingerprint density at radius 1 is 0.354 bits per heavy atom. The van der Waals surface area contributed by atoms with Gasteiger partial charge in [-0.3, -0.25) is 0 Å². The zero-order valence-electron chi connectivity index (χ0n) is 36.9. The van der Waals surface area contributed by atoms with Crippen molar-refractivity contribution in [2.24, 2.45) is 0 Å². The van der Waals surface area contributed by atoms with E-state index in [1.807, 2.05) is 0 Å². The Hall–Kier alpha value is -7.74. The van der Waals surface area contributed by atoms with Crippen LogP contribution in [0.1, 0.15) is 65.6 Å². The summed E-state index contributed by atoms with van der Waals surface area (Å²) in [4.78, 5) is 2.49. The number of benzene rings is 9. The molecule has 0 spiro atoms. The summed E-state index contributed by atoms with van der Waals surface area (Å²) in [5, 5.41) is 0. The number of allylic oxidation sites excluding steroid dienone is 4. The third-order valence-corrected chi connectivity index (χ3v) is 14.5. The molecule has 0 radical (unpaired) electrons. The van der Waals surface area contributed by atoms with E-state index in [-0.39, 0.29) is 5.41 Å². The lowest BCUT2D eigenvalue weighted by molar-refractivity contribution is 0.652. The van der Waals surface area contributed by atoms with Crippen LogP contribution in [0.3, 0.4) is 0 Å². The van der Waals surface area contributed by atoms with Crippen molar-refractivity contribution < 1.29 is 0 Å². The molecule has 0 N–H and O–H groups in total. The van der Waals surface area contributed by atoms with Crippen LogP contribution in [0.25, 0.3) is 44.5 Å². The summed E-state index contributed by atoms with van der Waals surface area (Å²) >= 11 is 0. The Labute approximate surface area is 383 Å². The van der Waals surface area contributed by atoms with Crippen molar-refractivity contribution in [2.75, 3.05) is 4.90 Å². The molecule has 3 aliphatic carbocycles. The van der Waals surface area contributed by atoms with Crippen molar-refractivity contribution in [1.29, 1.82) is 0 Å². The van der Waals surface area contributed by atoms with Gasteiger partial charge in [-0.1, -0.05) is 214 Å². The molecule has 0 atom stereocenters. The smallest absolute Gasteiger partial charge is 0.0714 e. The van der Waals surface area contributed by atoms with E-state index in [4.69, 9.17) is 0 Å². The number of hydrogen-bond acceptors (Lipinski definition) is 1. The summed E-state index contributed by atoms with van der Waals surface area (Å²) in [5.74, 6) is 0. The van der Waals surface area contributed by atoms with Gasteiger partial charge in [-0.15, -0.1) is 0 Å². The van der Waals surface area contributed by atoms with Crippen molar-refractivity contribution >= 4 is 28.2 Å². The first kappa shape index (κ1) is 38.9. The van der Waals surface area contributed by atoms with Crippen LogP contribution in [0.4, 0.5) is 17.1 Å². The summed E-state index contributed by atoms with van der Waals surface area (Å²) in [5.41, 5.74) is 23.8. The second-order valence-electron chi connectivity index (χ2n) is 18.4. The predicted octanol–water partition coefficient (Wildman–Crippen LogP) is 16.8. The molecule has 65 heavy (non-hydrogen) atoms. The summed E-state index contributed by atoms with van der Waals surface area (Å²) < 4.78 is 0. The maximum absolute atomic E-state index is 2.51. The fourth-order valence-electron chi connectivity index (χ4n) is 11.3. The van der Waals surface area contributed by atoms with Crippen molar-refractivity contribution in [3.05, 3.63) is 281 Å². The van der Waals surface area contributed by atoms with E-state index in [1.54, 1.807) is 0 Å². The second-order valence-corrected chi connectivity index (χ2v) is 18.4. The summed E-state index contributed by atoms with van der Waals surface area (Å²) in [6.07, 6.45) is 4.58. The number of rotatable bonds is 8. The van der Waals surface area contributed by atoms with Gasteiger partial charge in [0, 0.05) is 22.5 Å². The van der Waals surface area contributed by atoms with Crippen LogP contribution in [-0.2, 0) is 10.8 Å². The molecule has 9 aromatic carbocycles. The lowest BCUT2D eigenvalue weighted by Gasteiger charge is -2.35. The Balaban J connectivity index is 0.993. The van der Waals surface area contributed by atoms with Crippen molar-refractivity contribution in [3.63, 3.8) is 0 Å². The van der Waals surface area contributed by atoms with Gasteiger partial charge in [0.1, 0.15) is 0 Å². The molecule has 0 aromatic heterocycles. The molecule has 9 aromatic rings. The lowest BCUT2D eigenvalue weighted by Crippen LogP contribution is -2.28. The highest BCUT2D eigenvalue weighted by atomic mass is 15.1. The van der Waals surface area contributed by atoms with Gasteiger partial charge in [0.05, 0.1) is 5.41 Å². The Kier molecular flexibility index (Phi) is 9.28. The van der Waals surface area contributed by atoms with Gasteiger partial charge in [-0.2, -0.15) is 0 Å². The summed E-state index contributed by atoms with van der Waals surface area (Å²) in [7, 11) is 0. The van der Waals surface area contributed by atoms with Gasteiger partial charge in [0.15, 0.2) is 0 Å². The molecule has 310 valence electrons. The minimum absolute atomic E-state index is 0.172. The number of anilines is 3. The first-order valence-corrected chi connectivity index (χ1v) is 23.0. The Morgan fingerprint density at radius 3 is 1.40 bits per heavy atom. The van der Waals surface area contributed by atoms with Crippen LogP contribution in [0.5, 0.6) is 0 Å². The fourth-order valence-corrected chi connectivity index (χ4v) is 11.3. The highest BCUT2D eigenvalue weighted by molar-refractivity contribution is 5.93. The van der Waals surface area contributed by atoms with Crippen LogP contribution < -0.4 is 4.90 Å². The molecule has 0 heterocycles. The average molecular weight is 832 g/mol. The van der Waals surface area contributed by atoms with Crippen LogP contribution in [0.2, 0.25) is 0 Å². The van der Waals surface area contributed by atoms with Crippen LogP contribution in [-0.4, -0.2) is 0 Å². The standard InChI is InChI=1S/C64H49N/c1-63(2)60-41-49(48-29-27-46(28-30-48)44-17-7-3-8-18-44)33-38-56(60)57-39-36-53(42-61(57)63)65(52-34-31-47(32-35-52)45-19-9-4-10-20-45)54-37-40-58-55-25-15-16-26-59(55)64(62(58)43-54,50-21-11-5-12-22-50)51-23-13-6-14-24-51/h3-32,34-37,39-43H,33,38H2,1-2H3. The van der Waals surface area contributed by atoms with E-state index in [2.05, 4.69) is 255 Å². The third kappa shape index (κ3) is 6.29. The van der Waals surface area contributed by atoms with Gasteiger partial charge >= 0.3 is 0 Å². The molecular weight excluding hydrogens is 783 g/mol. The normalized spacial score (nSPS) is 15.1. The largest absolute Gasteiger partial charge is 0.310 e. The van der Waals surface area contributed by atoms with Gasteiger partial charge in [0.2, 0.25) is 0 Å². The van der Waals surface area contributed by atoms with Gasteiger partial charge in [-0.05, 0) is 138 Å². The van der Waals surface area contributed by atoms with Gasteiger partial charge < -0.3 is 4.90 Å².